The van der Waals surface area contributed by atoms with Gasteiger partial charge in [0.2, 0.25) is 11.8 Å². The molecule has 2 amide bonds. The van der Waals surface area contributed by atoms with E-state index in [9.17, 15) is 9.59 Å². The Labute approximate surface area is 141 Å². The molecule has 0 aliphatic carbocycles. The maximum atomic E-state index is 10.4. The van der Waals surface area contributed by atoms with Gasteiger partial charge < -0.3 is 11.5 Å². The minimum Gasteiger partial charge on any atom is -0.366 e. The molecule has 3 aromatic rings. The highest BCUT2D eigenvalue weighted by atomic mass is 16.1. The number of benzene rings is 3. The second-order valence-electron chi connectivity index (χ2n) is 4.54. The van der Waals surface area contributed by atoms with Crippen LogP contribution in [-0.4, -0.2) is 11.8 Å². The Morgan fingerprint density at radius 2 is 0.917 bits per heavy atom. The van der Waals surface area contributed by atoms with Crippen LogP contribution < -0.4 is 11.5 Å². The van der Waals surface area contributed by atoms with E-state index in [0.29, 0.717) is 11.1 Å². The summed E-state index contributed by atoms with van der Waals surface area (Å²) in [6.07, 6.45) is 0. The monoisotopic (exact) mass is 319 g/mol. The number of amides is 2. The highest BCUT2D eigenvalue weighted by molar-refractivity contribution is 5.93. The van der Waals surface area contributed by atoms with Gasteiger partial charge in [-0.15, -0.1) is 0 Å². The van der Waals surface area contributed by atoms with Crippen molar-refractivity contribution in [3.05, 3.63) is 108 Å². The molecule has 121 valence electrons. The van der Waals surface area contributed by atoms with Gasteiger partial charge in [0.15, 0.2) is 0 Å². The molecule has 0 saturated heterocycles. The van der Waals surface area contributed by atoms with Crippen molar-refractivity contribution in [2.45, 2.75) is 0 Å². The molecule has 0 unspecified atom stereocenters. The van der Waals surface area contributed by atoms with E-state index in [1.165, 1.54) is 0 Å². The minimum atomic E-state index is -0.379. The Morgan fingerprint density at radius 1 is 0.583 bits per heavy atom. The second-order valence-corrected chi connectivity index (χ2v) is 4.54. The summed E-state index contributed by atoms with van der Waals surface area (Å²) in [6.45, 7) is 0. The van der Waals surface area contributed by atoms with E-state index in [1.54, 1.807) is 48.5 Å². The van der Waals surface area contributed by atoms with Crippen molar-refractivity contribution in [2.24, 2.45) is 11.5 Å². The first-order valence-electron chi connectivity index (χ1n) is 7.22. The summed E-state index contributed by atoms with van der Waals surface area (Å²) in [4.78, 5) is 20.8. The molecule has 0 spiro atoms. The van der Waals surface area contributed by atoms with Crippen LogP contribution >= 0.6 is 0 Å². The molecule has 0 fully saturated rings. The maximum absolute atomic E-state index is 10.4. The number of rotatable bonds is 2. The normalized spacial score (nSPS) is 8.67. The van der Waals surface area contributed by atoms with Gasteiger partial charge in [-0.05, 0) is 30.3 Å². The SMILES string of the molecule is NC(=O)c1ccccc1.NC(=O)c1ccccc1.[c]1ccccc1. The molecule has 24 heavy (non-hydrogen) atoms. The van der Waals surface area contributed by atoms with Gasteiger partial charge in [-0.1, -0.05) is 66.7 Å². The van der Waals surface area contributed by atoms with Gasteiger partial charge in [0.25, 0.3) is 0 Å². The minimum absolute atomic E-state index is 0.379. The number of primary amides is 2. The van der Waals surface area contributed by atoms with Gasteiger partial charge in [-0.25, -0.2) is 0 Å². The fourth-order valence-electron chi connectivity index (χ4n) is 1.55. The Balaban J connectivity index is 0.000000184. The van der Waals surface area contributed by atoms with Crippen molar-refractivity contribution in [3.8, 4) is 0 Å². The summed E-state index contributed by atoms with van der Waals surface area (Å²) >= 11 is 0. The number of hydrogen-bond donors (Lipinski definition) is 2. The molecule has 0 aliphatic heterocycles. The van der Waals surface area contributed by atoms with Crippen molar-refractivity contribution in [1.82, 2.24) is 0 Å². The van der Waals surface area contributed by atoms with E-state index in [0.717, 1.165) is 0 Å². The Morgan fingerprint density at radius 3 is 1.08 bits per heavy atom. The summed E-state index contributed by atoms with van der Waals surface area (Å²) < 4.78 is 0. The highest BCUT2D eigenvalue weighted by Crippen LogP contribution is 1.95. The van der Waals surface area contributed by atoms with Crippen molar-refractivity contribution < 1.29 is 9.59 Å². The lowest BCUT2D eigenvalue weighted by atomic mass is 10.2. The number of nitrogens with two attached hydrogens (primary N) is 2. The van der Waals surface area contributed by atoms with Gasteiger partial charge in [0, 0.05) is 11.1 Å². The average Bonchev–Trinajstić information content (AvgIpc) is 2.65. The molecule has 3 aromatic carbocycles. The standard InChI is InChI=1S/2C7H7NO.C6H5/c2*8-7(9)6-4-2-1-3-5-6;1-2-4-6-5-3-1/h2*1-5H,(H2,8,9);1-5H. The van der Waals surface area contributed by atoms with Crippen LogP contribution in [0.4, 0.5) is 0 Å². The van der Waals surface area contributed by atoms with Gasteiger partial charge >= 0.3 is 0 Å². The fraction of sp³-hybridized carbons (Fsp3) is 0. The van der Waals surface area contributed by atoms with Crippen LogP contribution in [0, 0.1) is 6.07 Å². The summed E-state index contributed by atoms with van der Waals surface area (Å²) in [5.74, 6) is -0.758. The highest BCUT2D eigenvalue weighted by Gasteiger charge is 1.94. The predicted molar refractivity (Wildman–Crippen MR) is 95.2 cm³/mol. The Kier molecular flexibility index (Phi) is 8.71. The van der Waals surface area contributed by atoms with E-state index < -0.39 is 0 Å². The molecule has 4 nitrogen and oxygen atoms in total. The summed E-state index contributed by atoms with van der Waals surface area (Å²) in [5.41, 5.74) is 11.1. The molecular formula is C20H19N2O2. The lowest BCUT2D eigenvalue weighted by Gasteiger charge is -1.89. The van der Waals surface area contributed by atoms with Gasteiger partial charge in [0.05, 0.1) is 0 Å². The van der Waals surface area contributed by atoms with Crippen molar-refractivity contribution in [3.63, 3.8) is 0 Å². The van der Waals surface area contributed by atoms with Crippen LogP contribution in [0.1, 0.15) is 20.7 Å². The largest absolute Gasteiger partial charge is 0.366 e. The number of carbonyl (C=O) groups excluding carboxylic acids is 2. The molecular weight excluding hydrogens is 300 g/mol. The first-order valence-corrected chi connectivity index (χ1v) is 7.22. The van der Waals surface area contributed by atoms with E-state index in [2.05, 4.69) is 6.07 Å². The van der Waals surface area contributed by atoms with Crippen LogP contribution in [0.2, 0.25) is 0 Å². The van der Waals surface area contributed by atoms with Crippen molar-refractivity contribution >= 4 is 11.8 Å². The molecule has 1 radical (unpaired) electrons. The van der Waals surface area contributed by atoms with Crippen LogP contribution in [-0.2, 0) is 0 Å². The molecule has 0 aromatic heterocycles. The summed E-state index contributed by atoms with van der Waals surface area (Å²) in [6, 6.07) is 30.0. The van der Waals surface area contributed by atoms with E-state index in [4.69, 9.17) is 11.5 Å². The first-order chi connectivity index (χ1) is 11.6. The first kappa shape index (κ1) is 18.6. The quantitative estimate of drug-likeness (QED) is 0.760. The van der Waals surface area contributed by atoms with Crippen LogP contribution in [0.3, 0.4) is 0 Å². The van der Waals surface area contributed by atoms with Crippen molar-refractivity contribution in [2.75, 3.05) is 0 Å². The molecule has 0 aliphatic rings. The predicted octanol–water partition coefficient (Wildman–Crippen LogP) is 3.06. The fourth-order valence-corrected chi connectivity index (χ4v) is 1.55. The third-order valence-corrected chi connectivity index (χ3v) is 2.72. The van der Waals surface area contributed by atoms with Crippen LogP contribution in [0.25, 0.3) is 0 Å². The molecule has 0 atom stereocenters. The third kappa shape index (κ3) is 8.14. The molecule has 0 bridgehead atoms. The zero-order chi connectivity index (χ0) is 17.6. The smallest absolute Gasteiger partial charge is 0.248 e. The zero-order valence-corrected chi connectivity index (χ0v) is 13.1. The topological polar surface area (TPSA) is 86.2 Å². The van der Waals surface area contributed by atoms with E-state index in [1.807, 2.05) is 42.5 Å². The molecule has 4 N–H and O–H groups in total. The van der Waals surface area contributed by atoms with Crippen LogP contribution in [0.15, 0.2) is 91.0 Å². The molecule has 0 heterocycles. The Hall–Kier alpha value is -3.40. The van der Waals surface area contributed by atoms with E-state index >= 15 is 0 Å². The van der Waals surface area contributed by atoms with Gasteiger partial charge in [-0.3, -0.25) is 9.59 Å². The zero-order valence-electron chi connectivity index (χ0n) is 13.1. The third-order valence-electron chi connectivity index (χ3n) is 2.72. The number of carbonyl (C=O) groups is 2. The van der Waals surface area contributed by atoms with Crippen molar-refractivity contribution in [1.29, 1.82) is 0 Å². The van der Waals surface area contributed by atoms with Crippen LogP contribution in [0.5, 0.6) is 0 Å². The lowest BCUT2D eigenvalue weighted by Crippen LogP contribution is -2.09. The second kappa shape index (κ2) is 11.2. The summed E-state index contributed by atoms with van der Waals surface area (Å²) in [7, 11) is 0. The number of hydrogen-bond acceptors (Lipinski definition) is 2. The van der Waals surface area contributed by atoms with E-state index in [-0.39, 0.29) is 11.8 Å². The van der Waals surface area contributed by atoms with Gasteiger partial charge in [-0.2, -0.15) is 0 Å². The summed E-state index contributed by atoms with van der Waals surface area (Å²) in [5, 5.41) is 0. The van der Waals surface area contributed by atoms with Gasteiger partial charge in [0.1, 0.15) is 0 Å². The molecule has 0 saturated carbocycles. The maximum Gasteiger partial charge on any atom is 0.248 e. The average molecular weight is 319 g/mol. The molecule has 3 rings (SSSR count). The molecule has 4 heteroatoms. The Bertz CT molecular complexity index is 638. The lowest BCUT2D eigenvalue weighted by molar-refractivity contribution is 0.0992.